The molecule has 2 unspecified atom stereocenters. The van der Waals surface area contributed by atoms with Crippen LogP contribution in [0.4, 0.5) is 0 Å². The molecule has 1 N–H and O–H groups in total. The Morgan fingerprint density at radius 1 is 1.50 bits per heavy atom. The zero-order chi connectivity index (χ0) is 14.5. The summed E-state index contributed by atoms with van der Waals surface area (Å²) in [5, 5.41) is 9.76. The summed E-state index contributed by atoms with van der Waals surface area (Å²) in [5.41, 5.74) is 0.650. The number of halogens is 1. The van der Waals surface area contributed by atoms with Gasteiger partial charge in [-0.3, -0.25) is 9.69 Å². The van der Waals surface area contributed by atoms with Gasteiger partial charge in [0.25, 0.3) is 0 Å². The van der Waals surface area contributed by atoms with E-state index in [-0.39, 0.29) is 24.6 Å². The van der Waals surface area contributed by atoms with Crippen molar-refractivity contribution < 1.29 is 14.6 Å². The molecule has 0 saturated carbocycles. The van der Waals surface area contributed by atoms with E-state index < -0.39 is 0 Å². The Morgan fingerprint density at radius 3 is 3.00 bits per heavy atom. The molecule has 0 amide bonds. The topological polar surface area (TPSA) is 49.8 Å². The highest BCUT2D eigenvalue weighted by Crippen LogP contribution is 2.14. The van der Waals surface area contributed by atoms with E-state index in [9.17, 15) is 9.90 Å². The Labute approximate surface area is 124 Å². The monoisotopic (exact) mass is 297 g/mol. The van der Waals surface area contributed by atoms with Crippen molar-refractivity contribution in [2.75, 3.05) is 26.2 Å². The lowest BCUT2D eigenvalue weighted by molar-refractivity contribution is -0.0947. The summed E-state index contributed by atoms with van der Waals surface area (Å²) in [6, 6.07) is 7.02. The molecule has 1 aromatic rings. The zero-order valence-corrected chi connectivity index (χ0v) is 12.3. The molecule has 1 heterocycles. The Morgan fingerprint density at radius 2 is 2.30 bits per heavy atom. The number of aliphatic hydroxyl groups is 1. The molecule has 0 spiro atoms. The zero-order valence-electron chi connectivity index (χ0n) is 11.6. The minimum atomic E-state index is -0.153. The van der Waals surface area contributed by atoms with Gasteiger partial charge in [-0.1, -0.05) is 23.7 Å². The SMILES string of the molecule is CC1CN(CCC(=O)c2cccc(Cl)c2)CC(CO)O1. The first-order valence-electron chi connectivity index (χ1n) is 6.86. The first-order chi connectivity index (χ1) is 9.58. The maximum atomic E-state index is 12.1. The lowest BCUT2D eigenvalue weighted by Gasteiger charge is -2.35. The average molecular weight is 298 g/mol. The van der Waals surface area contributed by atoms with Crippen LogP contribution in [-0.2, 0) is 4.74 Å². The van der Waals surface area contributed by atoms with Gasteiger partial charge >= 0.3 is 0 Å². The van der Waals surface area contributed by atoms with Crippen LogP contribution in [0.25, 0.3) is 0 Å². The number of hydrogen-bond acceptors (Lipinski definition) is 4. The van der Waals surface area contributed by atoms with Gasteiger partial charge in [-0.25, -0.2) is 0 Å². The molecule has 110 valence electrons. The maximum Gasteiger partial charge on any atom is 0.164 e. The second-order valence-corrected chi connectivity index (χ2v) is 5.63. The van der Waals surface area contributed by atoms with Crippen molar-refractivity contribution in [3.05, 3.63) is 34.9 Å². The predicted molar refractivity (Wildman–Crippen MR) is 78.3 cm³/mol. The molecule has 0 radical (unpaired) electrons. The first-order valence-corrected chi connectivity index (χ1v) is 7.23. The van der Waals surface area contributed by atoms with Crippen molar-refractivity contribution in [1.29, 1.82) is 0 Å². The van der Waals surface area contributed by atoms with Gasteiger partial charge in [-0.05, 0) is 19.1 Å². The summed E-state index contributed by atoms with van der Waals surface area (Å²) in [7, 11) is 0. The number of morpholine rings is 1. The smallest absolute Gasteiger partial charge is 0.164 e. The van der Waals surface area contributed by atoms with Crippen LogP contribution in [0.2, 0.25) is 5.02 Å². The Bertz CT molecular complexity index is 466. The molecule has 1 fully saturated rings. The second kappa shape index (κ2) is 7.18. The Balaban J connectivity index is 1.87. The lowest BCUT2D eigenvalue weighted by atomic mass is 10.1. The van der Waals surface area contributed by atoms with Crippen molar-refractivity contribution in [2.45, 2.75) is 25.6 Å². The van der Waals surface area contributed by atoms with Gasteiger partial charge in [0.1, 0.15) is 0 Å². The number of carbonyl (C=O) groups excluding carboxylic acids is 1. The van der Waals surface area contributed by atoms with Crippen LogP contribution in [0.15, 0.2) is 24.3 Å². The van der Waals surface area contributed by atoms with Gasteiger partial charge in [0, 0.05) is 36.6 Å². The van der Waals surface area contributed by atoms with Crippen molar-refractivity contribution >= 4 is 17.4 Å². The van der Waals surface area contributed by atoms with E-state index >= 15 is 0 Å². The Kier molecular flexibility index (Phi) is 5.54. The third kappa shape index (κ3) is 4.28. The van der Waals surface area contributed by atoms with Crippen LogP contribution in [-0.4, -0.2) is 54.2 Å². The molecule has 5 heteroatoms. The molecule has 1 aromatic carbocycles. The third-order valence-corrected chi connectivity index (χ3v) is 3.64. The number of aliphatic hydroxyl groups excluding tert-OH is 1. The third-order valence-electron chi connectivity index (χ3n) is 3.41. The average Bonchev–Trinajstić information content (AvgIpc) is 2.44. The largest absolute Gasteiger partial charge is 0.394 e. The van der Waals surface area contributed by atoms with E-state index in [4.69, 9.17) is 16.3 Å². The van der Waals surface area contributed by atoms with Gasteiger partial charge in [0.2, 0.25) is 0 Å². The minimum Gasteiger partial charge on any atom is -0.394 e. The van der Waals surface area contributed by atoms with Gasteiger partial charge in [-0.2, -0.15) is 0 Å². The summed E-state index contributed by atoms with van der Waals surface area (Å²) < 4.78 is 5.58. The predicted octanol–water partition coefficient (Wildman–Crippen LogP) is 1.99. The highest BCUT2D eigenvalue weighted by atomic mass is 35.5. The first kappa shape index (κ1) is 15.4. The van der Waals surface area contributed by atoms with E-state index in [1.165, 1.54) is 0 Å². The highest BCUT2D eigenvalue weighted by Gasteiger charge is 2.24. The fourth-order valence-electron chi connectivity index (χ4n) is 2.49. The molecule has 2 atom stereocenters. The number of ether oxygens (including phenoxy) is 1. The molecule has 1 saturated heterocycles. The fraction of sp³-hybridized carbons (Fsp3) is 0.533. The van der Waals surface area contributed by atoms with Crippen molar-refractivity contribution in [2.24, 2.45) is 0 Å². The van der Waals surface area contributed by atoms with E-state index in [2.05, 4.69) is 4.90 Å². The van der Waals surface area contributed by atoms with Crippen LogP contribution in [0.1, 0.15) is 23.7 Å². The molecule has 1 aliphatic heterocycles. The molecule has 0 aromatic heterocycles. The van der Waals surface area contributed by atoms with Gasteiger partial charge in [0.05, 0.1) is 18.8 Å². The maximum absolute atomic E-state index is 12.1. The molecule has 0 aliphatic carbocycles. The molecule has 20 heavy (non-hydrogen) atoms. The number of carbonyl (C=O) groups is 1. The van der Waals surface area contributed by atoms with Crippen LogP contribution in [0.5, 0.6) is 0 Å². The van der Waals surface area contributed by atoms with E-state index in [1.807, 2.05) is 6.92 Å². The summed E-state index contributed by atoms with van der Waals surface area (Å²) in [5.74, 6) is 0.0900. The lowest BCUT2D eigenvalue weighted by Crippen LogP contribution is -2.48. The fourth-order valence-corrected chi connectivity index (χ4v) is 2.68. The summed E-state index contributed by atoms with van der Waals surface area (Å²) in [6.45, 7) is 4.13. The van der Waals surface area contributed by atoms with Crippen molar-refractivity contribution in [1.82, 2.24) is 4.90 Å². The summed E-state index contributed by atoms with van der Waals surface area (Å²) in [6.07, 6.45) is 0.382. The molecule has 2 rings (SSSR count). The minimum absolute atomic E-state index is 0.0169. The van der Waals surface area contributed by atoms with E-state index in [0.717, 1.165) is 6.54 Å². The highest BCUT2D eigenvalue weighted by molar-refractivity contribution is 6.31. The molecular formula is C15H20ClNO3. The Hall–Kier alpha value is -0.940. The van der Waals surface area contributed by atoms with Crippen LogP contribution in [0, 0.1) is 0 Å². The van der Waals surface area contributed by atoms with Crippen LogP contribution >= 0.6 is 11.6 Å². The number of benzene rings is 1. The van der Waals surface area contributed by atoms with Gasteiger partial charge in [0.15, 0.2) is 5.78 Å². The van der Waals surface area contributed by atoms with Crippen molar-refractivity contribution in [3.63, 3.8) is 0 Å². The van der Waals surface area contributed by atoms with Gasteiger partial charge in [-0.15, -0.1) is 0 Å². The van der Waals surface area contributed by atoms with E-state index in [0.29, 0.717) is 30.1 Å². The summed E-state index contributed by atoms with van der Waals surface area (Å²) >= 11 is 5.89. The number of nitrogens with zero attached hydrogens (tertiary/aromatic N) is 1. The quantitative estimate of drug-likeness (QED) is 0.845. The summed E-state index contributed by atoms with van der Waals surface area (Å²) in [4.78, 5) is 14.3. The molecule has 1 aliphatic rings. The van der Waals surface area contributed by atoms with E-state index in [1.54, 1.807) is 24.3 Å². The standard InChI is InChI=1S/C15H20ClNO3/c1-11-8-17(9-14(10-18)20-11)6-5-15(19)12-3-2-4-13(16)7-12/h2-4,7,11,14,18H,5-6,8-10H2,1H3. The molecule has 0 bridgehead atoms. The molecular weight excluding hydrogens is 278 g/mol. The normalized spacial score (nSPS) is 23.8. The second-order valence-electron chi connectivity index (χ2n) is 5.19. The number of ketones is 1. The number of Topliss-reactive ketones (excluding diaryl/α,β-unsaturated/α-hetero) is 1. The number of rotatable bonds is 5. The van der Waals surface area contributed by atoms with Crippen molar-refractivity contribution in [3.8, 4) is 0 Å². The number of hydrogen-bond donors (Lipinski definition) is 1. The van der Waals surface area contributed by atoms with Gasteiger partial charge < -0.3 is 9.84 Å². The van der Waals surface area contributed by atoms with Crippen LogP contribution < -0.4 is 0 Å². The molecule has 4 nitrogen and oxygen atoms in total. The van der Waals surface area contributed by atoms with Crippen LogP contribution in [0.3, 0.4) is 0 Å².